The van der Waals surface area contributed by atoms with Crippen LogP contribution in [0.15, 0.2) is 24.3 Å². The summed E-state index contributed by atoms with van der Waals surface area (Å²) < 4.78 is 5.31. The molecule has 0 spiro atoms. The minimum Gasteiger partial charge on any atom is -0.496 e. The van der Waals surface area contributed by atoms with Crippen LogP contribution in [0.5, 0.6) is 5.75 Å². The molecule has 5 nitrogen and oxygen atoms in total. The third-order valence-corrected chi connectivity index (χ3v) is 3.88. The molecule has 3 unspecified atom stereocenters. The van der Waals surface area contributed by atoms with E-state index in [2.05, 4.69) is 0 Å². The summed E-state index contributed by atoms with van der Waals surface area (Å²) in [5, 5.41) is 17.9. The van der Waals surface area contributed by atoms with Gasteiger partial charge in [-0.15, -0.1) is 0 Å². The molecule has 0 saturated heterocycles. The Bertz CT molecular complexity index is 511. The lowest BCUT2D eigenvalue weighted by molar-refractivity contribution is -0.139. The van der Waals surface area contributed by atoms with Gasteiger partial charge in [-0.05, 0) is 36.3 Å². The molecular formula is C15H18O5. The Labute approximate surface area is 117 Å². The molecule has 1 saturated carbocycles. The van der Waals surface area contributed by atoms with Gasteiger partial charge in [0.15, 0.2) is 0 Å². The Hall–Kier alpha value is -2.04. The van der Waals surface area contributed by atoms with Gasteiger partial charge in [-0.3, -0.25) is 9.59 Å². The van der Waals surface area contributed by atoms with E-state index in [1.165, 1.54) is 0 Å². The van der Waals surface area contributed by atoms with E-state index >= 15 is 0 Å². The fraction of sp³-hybridized carbons (Fsp3) is 0.467. The second-order valence-electron chi connectivity index (χ2n) is 5.13. The lowest BCUT2D eigenvalue weighted by atomic mass is 9.88. The van der Waals surface area contributed by atoms with E-state index in [9.17, 15) is 9.59 Å². The molecule has 1 aromatic carbocycles. The fourth-order valence-corrected chi connectivity index (χ4v) is 2.80. The second kappa shape index (κ2) is 5.94. The van der Waals surface area contributed by atoms with E-state index in [0.717, 1.165) is 5.56 Å². The zero-order chi connectivity index (χ0) is 14.7. The van der Waals surface area contributed by atoms with Crippen molar-refractivity contribution in [1.82, 2.24) is 0 Å². The van der Waals surface area contributed by atoms with Crippen LogP contribution in [0.2, 0.25) is 0 Å². The van der Waals surface area contributed by atoms with Crippen molar-refractivity contribution in [3.8, 4) is 5.75 Å². The number of rotatable bonds is 7. The van der Waals surface area contributed by atoms with Crippen LogP contribution in [-0.4, -0.2) is 29.3 Å². The van der Waals surface area contributed by atoms with Gasteiger partial charge in [-0.25, -0.2) is 0 Å². The van der Waals surface area contributed by atoms with Crippen molar-refractivity contribution in [1.29, 1.82) is 0 Å². The van der Waals surface area contributed by atoms with E-state index in [1.807, 2.05) is 24.3 Å². The number of aliphatic carboxylic acids is 2. The van der Waals surface area contributed by atoms with Gasteiger partial charge in [0.05, 0.1) is 13.0 Å². The van der Waals surface area contributed by atoms with E-state index in [-0.39, 0.29) is 24.2 Å². The number of benzene rings is 1. The molecule has 5 heteroatoms. The first kappa shape index (κ1) is 14.4. The molecule has 0 bridgehead atoms. The third kappa shape index (κ3) is 3.10. The molecule has 3 atom stereocenters. The maximum Gasteiger partial charge on any atom is 0.306 e. The van der Waals surface area contributed by atoms with Gasteiger partial charge in [0.1, 0.15) is 5.75 Å². The van der Waals surface area contributed by atoms with Gasteiger partial charge in [0, 0.05) is 6.42 Å². The predicted molar refractivity (Wildman–Crippen MR) is 71.8 cm³/mol. The number of hydrogen-bond acceptors (Lipinski definition) is 3. The molecule has 1 fully saturated rings. The average molecular weight is 278 g/mol. The van der Waals surface area contributed by atoms with Crippen molar-refractivity contribution in [3.05, 3.63) is 29.8 Å². The summed E-state index contributed by atoms with van der Waals surface area (Å²) in [6.45, 7) is 0. The van der Waals surface area contributed by atoms with Crippen molar-refractivity contribution in [2.45, 2.75) is 25.2 Å². The lowest BCUT2D eigenvalue weighted by Gasteiger charge is -2.19. The number of methoxy groups -OCH3 is 1. The number of carboxylic acids is 2. The molecular weight excluding hydrogens is 260 g/mol. The minimum absolute atomic E-state index is 0.00292. The summed E-state index contributed by atoms with van der Waals surface area (Å²) in [4.78, 5) is 21.9. The summed E-state index contributed by atoms with van der Waals surface area (Å²) in [5.74, 6) is -1.41. The second-order valence-corrected chi connectivity index (χ2v) is 5.13. The van der Waals surface area contributed by atoms with Crippen LogP contribution in [0.1, 0.15) is 30.7 Å². The Morgan fingerprint density at radius 2 is 2.05 bits per heavy atom. The van der Waals surface area contributed by atoms with Crippen LogP contribution in [0, 0.1) is 11.8 Å². The number of para-hydroxylation sites is 1. The highest BCUT2D eigenvalue weighted by Gasteiger charge is 2.48. The molecule has 2 N–H and O–H groups in total. The molecule has 0 radical (unpaired) electrons. The third-order valence-electron chi connectivity index (χ3n) is 3.88. The molecule has 0 aromatic heterocycles. The van der Waals surface area contributed by atoms with Crippen molar-refractivity contribution in [2.24, 2.45) is 11.8 Å². The Morgan fingerprint density at radius 1 is 1.35 bits per heavy atom. The number of ether oxygens (including phenoxy) is 1. The molecule has 0 heterocycles. The Morgan fingerprint density at radius 3 is 2.60 bits per heavy atom. The van der Waals surface area contributed by atoms with Crippen LogP contribution < -0.4 is 4.74 Å². The molecule has 1 aromatic rings. The molecule has 2 rings (SSSR count). The van der Waals surface area contributed by atoms with Crippen molar-refractivity contribution in [3.63, 3.8) is 0 Å². The quantitative estimate of drug-likeness (QED) is 0.800. The van der Waals surface area contributed by atoms with E-state index in [0.29, 0.717) is 18.6 Å². The van der Waals surface area contributed by atoms with Crippen LogP contribution in [0.4, 0.5) is 0 Å². The zero-order valence-corrected chi connectivity index (χ0v) is 11.3. The highest BCUT2D eigenvalue weighted by atomic mass is 16.5. The molecule has 1 aliphatic rings. The van der Waals surface area contributed by atoms with Gasteiger partial charge in [0.2, 0.25) is 0 Å². The van der Waals surface area contributed by atoms with Crippen molar-refractivity contribution < 1.29 is 24.5 Å². The summed E-state index contributed by atoms with van der Waals surface area (Å²) in [6.07, 6.45) is 1.08. The van der Waals surface area contributed by atoms with Crippen LogP contribution in [-0.2, 0) is 9.59 Å². The Kier molecular flexibility index (Phi) is 4.27. The van der Waals surface area contributed by atoms with Gasteiger partial charge in [-0.1, -0.05) is 18.2 Å². The minimum atomic E-state index is -0.863. The molecule has 0 amide bonds. The smallest absolute Gasteiger partial charge is 0.306 e. The van der Waals surface area contributed by atoms with Crippen LogP contribution in [0.3, 0.4) is 0 Å². The lowest BCUT2D eigenvalue weighted by Crippen LogP contribution is -2.10. The summed E-state index contributed by atoms with van der Waals surface area (Å²) in [7, 11) is 1.56. The monoisotopic (exact) mass is 278 g/mol. The number of carbonyl (C=O) groups is 2. The van der Waals surface area contributed by atoms with E-state index in [4.69, 9.17) is 14.9 Å². The zero-order valence-electron chi connectivity index (χ0n) is 11.3. The average Bonchev–Trinajstić information content (AvgIpc) is 3.19. The van der Waals surface area contributed by atoms with Crippen LogP contribution in [0.25, 0.3) is 0 Å². The van der Waals surface area contributed by atoms with Crippen molar-refractivity contribution in [2.75, 3.05) is 7.11 Å². The predicted octanol–water partition coefficient (Wildman–Crippen LogP) is 2.36. The first-order chi connectivity index (χ1) is 9.54. The highest BCUT2D eigenvalue weighted by Crippen LogP contribution is 2.52. The first-order valence-electron chi connectivity index (χ1n) is 6.62. The molecule has 20 heavy (non-hydrogen) atoms. The Balaban J connectivity index is 2.22. The number of hydrogen-bond donors (Lipinski definition) is 2. The first-order valence-corrected chi connectivity index (χ1v) is 6.62. The number of carboxylic acid groups (broad SMARTS) is 2. The van der Waals surface area contributed by atoms with Crippen LogP contribution >= 0.6 is 0 Å². The standard InChI is InChI=1S/C15H18O5/c1-20-13-5-3-2-4-10(13)9(6-7-14(16)17)11-8-12(11)15(18)19/h2-5,9,11-12H,6-8H2,1H3,(H,16,17)(H,18,19). The van der Waals surface area contributed by atoms with E-state index in [1.54, 1.807) is 7.11 Å². The van der Waals surface area contributed by atoms with E-state index < -0.39 is 11.9 Å². The normalized spacial score (nSPS) is 22.1. The molecule has 0 aliphatic heterocycles. The van der Waals surface area contributed by atoms with Gasteiger partial charge >= 0.3 is 11.9 Å². The van der Waals surface area contributed by atoms with Gasteiger partial charge in [0.25, 0.3) is 0 Å². The molecule has 1 aliphatic carbocycles. The fourth-order valence-electron chi connectivity index (χ4n) is 2.80. The highest BCUT2D eigenvalue weighted by molar-refractivity contribution is 5.74. The maximum absolute atomic E-state index is 11.1. The SMILES string of the molecule is COc1ccccc1C(CCC(=O)O)C1CC1C(=O)O. The summed E-state index contributed by atoms with van der Waals surface area (Å²) in [5.41, 5.74) is 0.907. The summed E-state index contributed by atoms with van der Waals surface area (Å²) in [6, 6.07) is 7.42. The van der Waals surface area contributed by atoms with Gasteiger partial charge < -0.3 is 14.9 Å². The largest absolute Gasteiger partial charge is 0.496 e. The van der Waals surface area contributed by atoms with Gasteiger partial charge in [-0.2, -0.15) is 0 Å². The summed E-state index contributed by atoms with van der Waals surface area (Å²) >= 11 is 0. The topological polar surface area (TPSA) is 83.8 Å². The maximum atomic E-state index is 11.1. The van der Waals surface area contributed by atoms with Crippen molar-refractivity contribution >= 4 is 11.9 Å². The molecule has 108 valence electrons.